The number of pyridine rings is 1. The Morgan fingerprint density at radius 2 is 2.21 bits per heavy atom. The van der Waals surface area contributed by atoms with Gasteiger partial charge in [-0.3, -0.25) is 9.78 Å². The van der Waals surface area contributed by atoms with Crippen LogP contribution in [0, 0.1) is 5.92 Å². The molecule has 0 radical (unpaired) electrons. The molecular formula is C15H21N3O. The van der Waals surface area contributed by atoms with Gasteiger partial charge in [0.05, 0.1) is 5.92 Å². The second kappa shape index (κ2) is 5.29. The molecule has 4 nitrogen and oxygen atoms in total. The largest absolute Gasteiger partial charge is 0.338 e. The molecule has 0 aliphatic carbocycles. The number of aromatic nitrogens is 1. The molecular weight excluding hydrogens is 238 g/mol. The van der Waals surface area contributed by atoms with Gasteiger partial charge in [0.2, 0.25) is 5.91 Å². The van der Waals surface area contributed by atoms with E-state index in [4.69, 9.17) is 0 Å². The van der Waals surface area contributed by atoms with Crippen molar-refractivity contribution in [2.75, 3.05) is 6.54 Å². The van der Waals surface area contributed by atoms with Crippen molar-refractivity contribution in [2.24, 2.45) is 5.92 Å². The smallest absolute Gasteiger partial charge is 0.227 e. The third-order valence-corrected chi connectivity index (χ3v) is 4.43. The van der Waals surface area contributed by atoms with E-state index < -0.39 is 0 Å². The predicted molar refractivity (Wildman–Crippen MR) is 73.4 cm³/mol. The van der Waals surface area contributed by atoms with Gasteiger partial charge in [-0.1, -0.05) is 0 Å². The molecule has 2 aliphatic heterocycles. The molecule has 3 atom stereocenters. The van der Waals surface area contributed by atoms with Gasteiger partial charge in [-0.2, -0.15) is 0 Å². The van der Waals surface area contributed by atoms with Crippen LogP contribution in [0.3, 0.4) is 0 Å². The Hall–Kier alpha value is -1.42. The second-order valence-corrected chi connectivity index (χ2v) is 5.60. The van der Waals surface area contributed by atoms with E-state index in [1.54, 1.807) is 12.4 Å². The molecule has 1 amide bonds. The van der Waals surface area contributed by atoms with Crippen LogP contribution in [0.1, 0.15) is 31.7 Å². The van der Waals surface area contributed by atoms with Crippen LogP contribution >= 0.6 is 0 Å². The van der Waals surface area contributed by atoms with E-state index in [-0.39, 0.29) is 5.92 Å². The van der Waals surface area contributed by atoms with E-state index in [0.717, 1.165) is 24.9 Å². The maximum Gasteiger partial charge on any atom is 0.227 e. The van der Waals surface area contributed by atoms with E-state index in [0.29, 0.717) is 24.5 Å². The van der Waals surface area contributed by atoms with Crippen LogP contribution in [0.2, 0.25) is 0 Å². The fraction of sp³-hybridized carbons (Fsp3) is 0.600. The third-order valence-electron chi connectivity index (χ3n) is 4.43. The summed E-state index contributed by atoms with van der Waals surface area (Å²) in [6, 6.07) is 4.96. The van der Waals surface area contributed by atoms with E-state index in [1.165, 1.54) is 6.42 Å². The van der Waals surface area contributed by atoms with Crippen LogP contribution < -0.4 is 5.32 Å². The van der Waals surface area contributed by atoms with Crippen LogP contribution in [-0.2, 0) is 11.3 Å². The van der Waals surface area contributed by atoms with Gasteiger partial charge in [-0.15, -0.1) is 0 Å². The Labute approximate surface area is 114 Å². The van der Waals surface area contributed by atoms with Crippen LogP contribution in [0.5, 0.6) is 0 Å². The highest BCUT2D eigenvalue weighted by molar-refractivity contribution is 5.80. The third kappa shape index (κ3) is 2.50. The number of carbonyl (C=O) groups is 1. The molecule has 2 saturated heterocycles. The van der Waals surface area contributed by atoms with E-state index in [9.17, 15) is 4.79 Å². The lowest BCUT2D eigenvalue weighted by Gasteiger charge is -2.28. The summed E-state index contributed by atoms with van der Waals surface area (Å²) in [5, 5.41) is 3.54. The molecule has 1 aromatic rings. The highest BCUT2D eigenvalue weighted by atomic mass is 16.2. The minimum atomic E-state index is 0.195. The molecule has 0 saturated carbocycles. The van der Waals surface area contributed by atoms with Crippen molar-refractivity contribution in [1.29, 1.82) is 0 Å². The van der Waals surface area contributed by atoms with Crippen LogP contribution in [0.25, 0.3) is 0 Å². The zero-order valence-corrected chi connectivity index (χ0v) is 11.4. The van der Waals surface area contributed by atoms with Crippen molar-refractivity contribution in [3.8, 4) is 0 Å². The molecule has 19 heavy (non-hydrogen) atoms. The van der Waals surface area contributed by atoms with Gasteiger partial charge in [-0.25, -0.2) is 0 Å². The Balaban J connectivity index is 1.67. The summed E-state index contributed by atoms with van der Waals surface area (Å²) >= 11 is 0. The fourth-order valence-electron chi connectivity index (χ4n) is 3.39. The number of nitrogens with one attached hydrogen (secondary N) is 1. The normalized spacial score (nSPS) is 28.6. The maximum atomic E-state index is 12.6. The van der Waals surface area contributed by atoms with Crippen molar-refractivity contribution in [1.82, 2.24) is 15.2 Å². The zero-order valence-electron chi connectivity index (χ0n) is 11.4. The summed E-state index contributed by atoms with van der Waals surface area (Å²) in [5.41, 5.74) is 1.15. The molecule has 0 aromatic carbocycles. The summed E-state index contributed by atoms with van der Waals surface area (Å²) in [6.45, 7) is 3.53. The Morgan fingerprint density at radius 1 is 1.42 bits per heavy atom. The highest BCUT2D eigenvalue weighted by Gasteiger charge is 2.43. The van der Waals surface area contributed by atoms with E-state index >= 15 is 0 Å². The topological polar surface area (TPSA) is 45.2 Å². The Morgan fingerprint density at radius 3 is 2.79 bits per heavy atom. The van der Waals surface area contributed by atoms with Crippen molar-refractivity contribution >= 4 is 5.91 Å². The lowest BCUT2D eigenvalue weighted by Crippen LogP contribution is -2.40. The van der Waals surface area contributed by atoms with Crippen LogP contribution in [-0.4, -0.2) is 34.4 Å². The lowest BCUT2D eigenvalue weighted by molar-refractivity contribution is -0.136. The SMILES string of the molecule is CCN(Cc1ccncc1)C(=O)C1CC2CCC1N2. The van der Waals surface area contributed by atoms with Gasteiger partial charge in [0, 0.05) is 37.6 Å². The number of hydrogen-bond donors (Lipinski definition) is 1. The number of hydrogen-bond acceptors (Lipinski definition) is 3. The predicted octanol–water partition coefficient (Wildman–Crippen LogP) is 1.57. The van der Waals surface area contributed by atoms with Gasteiger partial charge >= 0.3 is 0 Å². The quantitative estimate of drug-likeness (QED) is 0.892. The molecule has 1 N–H and O–H groups in total. The number of nitrogens with zero attached hydrogens (tertiary/aromatic N) is 2. The monoisotopic (exact) mass is 259 g/mol. The molecule has 2 aliphatic rings. The first-order valence-electron chi connectivity index (χ1n) is 7.21. The first kappa shape index (κ1) is 12.6. The zero-order chi connectivity index (χ0) is 13.2. The Bertz CT molecular complexity index is 448. The molecule has 3 rings (SSSR count). The standard InChI is InChI=1S/C15H21N3O/c1-2-18(10-11-5-7-16-8-6-11)15(19)13-9-12-3-4-14(13)17-12/h5-8,12-14,17H,2-4,9-10H2,1H3. The van der Waals surface area contributed by atoms with Crippen molar-refractivity contribution < 1.29 is 4.79 Å². The van der Waals surface area contributed by atoms with Crippen molar-refractivity contribution in [2.45, 2.75) is 44.8 Å². The molecule has 2 fully saturated rings. The first-order chi connectivity index (χ1) is 9.28. The van der Waals surface area contributed by atoms with Gasteiger partial charge < -0.3 is 10.2 Å². The molecule has 1 aromatic heterocycles. The number of rotatable bonds is 4. The summed E-state index contributed by atoms with van der Waals surface area (Å²) < 4.78 is 0. The van der Waals surface area contributed by atoms with E-state index in [1.807, 2.05) is 17.0 Å². The van der Waals surface area contributed by atoms with Crippen molar-refractivity contribution in [3.05, 3.63) is 30.1 Å². The molecule has 3 heterocycles. The second-order valence-electron chi connectivity index (χ2n) is 5.60. The van der Waals surface area contributed by atoms with Crippen molar-refractivity contribution in [3.63, 3.8) is 0 Å². The molecule has 102 valence electrons. The summed E-state index contributed by atoms with van der Waals surface area (Å²) in [5.74, 6) is 0.513. The van der Waals surface area contributed by atoms with Crippen LogP contribution in [0.15, 0.2) is 24.5 Å². The molecule has 3 unspecified atom stereocenters. The average molecular weight is 259 g/mol. The minimum absolute atomic E-state index is 0.195. The number of fused-ring (bicyclic) bond motifs is 2. The maximum absolute atomic E-state index is 12.6. The molecule has 2 bridgehead atoms. The average Bonchev–Trinajstić information content (AvgIpc) is 3.08. The Kier molecular flexibility index (Phi) is 3.51. The minimum Gasteiger partial charge on any atom is -0.338 e. The van der Waals surface area contributed by atoms with Gasteiger partial charge in [-0.05, 0) is 43.9 Å². The summed E-state index contributed by atoms with van der Waals surface area (Å²) in [7, 11) is 0. The van der Waals surface area contributed by atoms with Gasteiger partial charge in [0.25, 0.3) is 0 Å². The summed E-state index contributed by atoms with van der Waals surface area (Å²) in [4.78, 5) is 18.6. The van der Waals surface area contributed by atoms with E-state index in [2.05, 4.69) is 17.2 Å². The number of amides is 1. The lowest BCUT2D eigenvalue weighted by atomic mass is 9.88. The first-order valence-corrected chi connectivity index (χ1v) is 7.21. The van der Waals surface area contributed by atoms with Crippen LogP contribution in [0.4, 0.5) is 0 Å². The number of carbonyl (C=O) groups excluding carboxylic acids is 1. The van der Waals surface area contributed by atoms with Gasteiger partial charge in [0.15, 0.2) is 0 Å². The van der Waals surface area contributed by atoms with Gasteiger partial charge in [0.1, 0.15) is 0 Å². The molecule has 0 spiro atoms. The molecule has 4 heteroatoms. The highest BCUT2D eigenvalue weighted by Crippen LogP contribution is 2.34. The summed E-state index contributed by atoms with van der Waals surface area (Å²) in [6.07, 6.45) is 6.99. The fourth-order valence-corrected chi connectivity index (χ4v) is 3.39.